The van der Waals surface area contributed by atoms with Gasteiger partial charge in [0.1, 0.15) is 0 Å². The van der Waals surface area contributed by atoms with E-state index in [1.165, 1.54) is 0 Å². The number of carboxylic acid groups (broad SMARTS) is 1. The van der Waals surface area contributed by atoms with Crippen LogP contribution in [-0.2, 0) is 14.3 Å². The molecule has 1 aliphatic carbocycles. The first-order chi connectivity index (χ1) is 10.1. The Morgan fingerprint density at radius 3 is 2.90 bits per heavy atom. The Kier molecular flexibility index (Phi) is 3.99. The van der Waals surface area contributed by atoms with E-state index in [-0.39, 0.29) is 30.9 Å². The molecule has 2 aliphatic rings. The van der Waals surface area contributed by atoms with Crippen molar-refractivity contribution in [3.63, 3.8) is 0 Å². The van der Waals surface area contributed by atoms with Crippen LogP contribution in [-0.4, -0.2) is 47.7 Å². The lowest BCUT2D eigenvalue weighted by molar-refractivity contribution is -0.159. The van der Waals surface area contributed by atoms with Gasteiger partial charge in [0.15, 0.2) is 6.10 Å². The molecule has 6 heteroatoms. The highest BCUT2D eigenvalue weighted by Crippen LogP contribution is 2.49. The van der Waals surface area contributed by atoms with Gasteiger partial charge in [0.25, 0.3) is 0 Å². The van der Waals surface area contributed by atoms with Crippen molar-refractivity contribution in [1.29, 1.82) is 0 Å². The number of rotatable bonds is 3. The molecule has 112 valence electrons. The summed E-state index contributed by atoms with van der Waals surface area (Å²) in [7, 11) is 0. The van der Waals surface area contributed by atoms with Crippen LogP contribution in [0.2, 0.25) is 0 Å². The van der Waals surface area contributed by atoms with E-state index in [2.05, 4.69) is 15.9 Å². The fourth-order valence-electron chi connectivity index (χ4n) is 2.81. The largest absolute Gasteiger partial charge is 0.479 e. The van der Waals surface area contributed by atoms with E-state index < -0.39 is 12.1 Å². The third-order valence-electron chi connectivity index (χ3n) is 4.04. The van der Waals surface area contributed by atoms with Crippen LogP contribution in [0.25, 0.3) is 0 Å². The second-order valence-electron chi connectivity index (χ2n) is 5.49. The first kappa shape index (κ1) is 14.5. The minimum atomic E-state index is -1.01. The zero-order chi connectivity index (χ0) is 15.0. The standard InChI is InChI=1S/C15H16BrNO4/c16-10-3-1-2-9(6-10)11-7-12(11)14(18)17-4-5-21-13(8-17)15(19)20/h1-3,6,11-13H,4-5,7-8H2,(H,19,20)/t11-,12+,13+/m1/s1. The number of hydrogen-bond acceptors (Lipinski definition) is 3. The molecule has 21 heavy (non-hydrogen) atoms. The first-order valence-electron chi connectivity index (χ1n) is 6.95. The molecule has 0 radical (unpaired) electrons. The number of carbonyl (C=O) groups is 2. The van der Waals surface area contributed by atoms with Crippen LogP contribution in [0, 0.1) is 5.92 Å². The summed E-state index contributed by atoms with van der Waals surface area (Å²) in [4.78, 5) is 25.1. The van der Waals surface area contributed by atoms with E-state index in [1.807, 2.05) is 24.3 Å². The molecule has 1 saturated heterocycles. The summed E-state index contributed by atoms with van der Waals surface area (Å²) >= 11 is 3.44. The van der Waals surface area contributed by atoms with E-state index in [1.54, 1.807) is 4.90 Å². The minimum Gasteiger partial charge on any atom is -0.479 e. The zero-order valence-corrected chi connectivity index (χ0v) is 13.0. The van der Waals surface area contributed by atoms with E-state index in [9.17, 15) is 9.59 Å². The van der Waals surface area contributed by atoms with E-state index >= 15 is 0 Å². The molecule has 0 aromatic heterocycles. The third-order valence-corrected chi connectivity index (χ3v) is 4.53. The van der Waals surface area contributed by atoms with Crippen molar-refractivity contribution >= 4 is 27.8 Å². The first-order valence-corrected chi connectivity index (χ1v) is 7.74. The Morgan fingerprint density at radius 1 is 1.38 bits per heavy atom. The van der Waals surface area contributed by atoms with Crippen LogP contribution < -0.4 is 0 Å². The molecular formula is C15H16BrNO4. The number of aliphatic carboxylic acids is 1. The second-order valence-corrected chi connectivity index (χ2v) is 6.40. The van der Waals surface area contributed by atoms with Crippen molar-refractivity contribution in [2.24, 2.45) is 5.92 Å². The van der Waals surface area contributed by atoms with Gasteiger partial charge >= 0.3 is 5.97 Å². The predicted molar refractivity (Wildman–Crippen MR) is 78.9 cm³/mol. The Labute approximate surface area is 131 Å². The van der Waals surface area contributed by atoms with Gasteiger partial charge in [-0.05, 0) is 30.0 Å². The van der Waals surface area contributed by atoms with E-state index in [4.69, 9.17) is 9.84 Å². The van der Waals surface area contributed by atoms with Crippen LogP contribution in [0.5, 0.6) is 0 Å². The van der Waals surface area contributed by atoms with Gasteiger partial charge < -0.3 is 14.7 Å². The average Bonchev–Trinajstić information content (AvgIpc) is 3.27. The molecule has 1 heterocycles. The molecule has 1 amide bonds. The molecule has 0 bridgehead atoms. The number of ether oxygens (including phenoxy) is 1. The van der Waals surface area contributed by atoms with Crippen LogP contribution >= 0.6 is 15.9 Å². The number of benzene rings is 1. The number of morpholine rings is 1. The quantitative estimate of drug-likeness (QED) is 0.900. The molecule has 1 aromatic rings. The molecule has 1 aliphatic heterocycles. The molecule has 3 atom stereocenters. The van der Waals surface area contributed by atoms with Crippen molar-refractivity contribution < 1.29 is 19.4 Å². The maximum Gasteiger partial charge on any atom is 0.334 e. The van der Waals surface area contributed by atoms with Gasteiger partial charge in [-0.15, -0.1) is 0 Å². The highest BCUT2D eigenvalue weighted by Gasteiger charge is 2.46. The van der Waals surface area contributed by atoms with Gasteiger partial charge in [-0.2, -0.15) is 0 Å². The zero-order valence-electron chi connectivity index (χ0n) is 11.4. The number of amides is 1. The number of halogens is 1. The smallest absolute Gasteiger partial charge is 0.334 e. The highest BCUT2D eigenvalue weighted by atomic mass is 79.9. The van der Waals surface area contributed by atoms with Crippen molar-refractivity contribution in [2.45, 2.75) is 18.4 Å². The minimum absolute atomic E-state index is 0.0214. The number of nitrogens with zero attached hydrogens (tertiary/aromatic N) is 1. The van der Waals surface area contributed by atoms with Crippen molar-refractivity contribution in [2.75, 3.05) is 19.7 Å². The summed E-state index contributed by atoms with van der Waals surface area (Å²) in [6.45, 7) is 0.914. The number of carboxylic acids is 1. The summed E-state index contributed by atoms with van der Waals surface area (Å²) in [5, 5.41) is 8.98. The maximum absolute atomic E-state index is 12.5. The van der Waals surface area contributed by atoms with Gasteiger partial charge in [-0.3, -0.25) is 4.79 Å². The van der Waals surface area contributed by atoms with Gasteiger partial charge in [0, 0.05) is 16.9 Å². The fourth-order valence-corrected chi connectivity index (χ4v) is 3.22. The predicted octanol–water partition coefficient (Wildman–Crippen LogP) is 1.86. The summed E-state index contributed by atoms with van der Waals surface area (Å²) < 4.78 is 6.16. The highest BCUT2D eigenvalue weighted by molar-refractivity contribution is 9.10. The molecule has 2 fully saturated rings. The lowest BCUT2D eigenvalue weighted by atomic mass is 10.1. The molecule has 1 saturated carbocycles. The Balaban J connectivity index is 1.63. The van der Waals surface area contributed by atoms with Crippen LogP contribution in [0.1, 0.15) is 17.9 Å². The second kappa shape index (κ2) is 5.77. The Morgan fingerprint density at radius 2 is 2.19 bits per heavy atom. The van der Waals surface area contributed by atoms with Crippen LogP contribution in [0.15, 0.2) is 28.7 Å². The monoisotopic (exact) mass is 353 g/mol. The Bertz CT molecular complexity index is 577. The van der Waals surface area contributed by atoms with Gasteiger partial charge in [-0.1, -0.05) is 28.1 Å². The average molecular weight is 354 g/mol. The number of hydrogen-bond donors (Lipinski definition) is 1. The summed E-state index contributed by atoms with van der Waals surface area (Å²) in [6, 6.07) is 8.00. The molecular weight excluding hydrogens is 338 g/mol. The molecule has 0 unspecified atom stereocenters. The van der Waals surface area contributed by atoms with E-state index in [0.717, 1.165) is 16.5 Å². The lowest BCUT2D eigenvalue weighted by Gasteiger charge is -2.31. The Hall–Kier alpha value is -1.40. The van der Waals surface area contributed by atoms with Crippen LogP contribution in [0.3, 0.4) is 0 Å². The normalized spacial score (nSPS) is 28.2. The molecule has 5 nitrogen and oxygen atoms in total. The maximum atomic E-state index is 12.5. The SMILES string of the molecule is O=C(O)[C@@H]1CN(C(=O)[C@H]2C[C@@H]2c2cccc(Br)c2)CCO1. The van der Waals surface area contributed by atoms with Crippen molar-refractivity contribution in [3.05, 3.63) is 34.3 Å². The van der Waals surface area contributed by atoms with Gasteiger partial charge in [0.05, 0.1) is 13.2 Å². The molecule has 1 aromatic carbocycles. The summed E-state index contributed by atoms with van der Waals surface area (Å²) in [5.74, 6) is -0.727. The molecule has 3 rings (SSSR count). The topological polar surface area (TPSA) is 66.8 Å². The third kappa shape index (κ3) is 3.11. The summed E-state index contributed by atoms with van der Waals surface area (Å²) in [6.07, 6.45) is -0.0598. The van der Waals surface area contributed by atoms with Crippen LogP contribution in [0.4, 0.5) is 0 Å². The van der Waals surface area contributed by atoms with Crippen molar-refractivity contribution in [1.82, 2.24) is 4.90 Å². The number of carbonyl (C=O) groups excluding carboxylic acids is 1. The lowest BCUT2D eigenvalue weighted by Crippen LogP contribution is -2.49. The summed E-state index contributed by atoms with van der Waals surface area (Å²) in [5.41, 5.74) is 1.16. The fraction of sp³-hybridized carbons (Fsp3) is 0.467. The van der Waals surface area contributed by atoms with Crippen molar-refractivity contribution in [3.8, 4) is 0 Å². The molecule has 1 N–H and O–H groups in total. The van der Waals surface area contributed by atoms with Gasteiger partial charge in [0.2, 0.25) is 5.91 Å². The van der Waals surface area contributed by atoms with E-state index in [0.29, 0.717) is 6.54 Å². The molecule has 0 spiro atoms. The van der Waals surface area contributed by atoms with Gasteiger partial charge in [-0.25, -0.2) is 4.79 Å².